The number of aliphatic imine (C=N–C) groups is 2. The Kier molecular flexibility index (Phi) is 8.25. The Morgan fingerprint density at radius 1 is 0.640 bits per heavy atom. The molecule has 0 fully saturated rings. The van der Waals surface area contributed by atoms with Gasteiger partial charge in [-0.2, -0.15) is 0 Å². The molecular weight excluding hydrogens is 351 g/mol. The third kappa shape index (κ3) is 5.64. The molecule has 134 valence electrons. The molecule has 2 aromatic rings. The predicted octanol–water partition coefficient (Wildman–Crippen LogP) is 6.82. The van der Waals surface area contributed by atoms with E-state index in [2.05, 4.69) is 64.1 Å². The van der Waals surface area contributed by atoms with E-state index in [0.717, 1.165) is 22.8 Å². The molecule has 0 aliphatic heterocycles. The number of benzene rings is 2. The minimum absolute atomic E-state index is 0. The van der Waals surface area contributed by atoms with Gasteiger partial charge in [-0.1, -0.05) is 64.1 Å². The number of para-hydroxylation sites is 2. The van der Waals surface area contributed by atoms with Crippen LogP contribution < -0.4 is 0 Å². The molecule has 0 bridgehead atoms. The van der Waals surface area contributed by atoms with Crippen LogP contribution in [0.4, 0.5) is 11.4 Å². The van der Waals surface area contributed by atoms with Crippen LogP contribution in [-0.2, 0) is 16.5 Å². The van der Waals surface area contributed by atoms with Crippen molar-refractivity contribution in [2.45, 2.75) is 53.4 Å². The number of nitrogens with zero attached hydrogens (tertiary/aromatic N) is 2. The average Bonchev–Trinajstić information content (AvgIpc) is 2.55. The summed E-state index contributed by atoms with van der Waals surface area (Å²) in [6.07, 6.45) is 0. The molecular formula is C22H28N2Ni+2. The number of rotatable bonds is 5. The molecule has 0 amide bonds. The molecule has 0 aliphatic rings. The molecule has 2 nitrogen and oxygen atoms in total. The van der Waals surface area contributed by atoms with Crippen LogP contribution in [0.3, 0.4) is 0 Å². The van der Waals surface area contributed by atoms with Gasteiger partial charge in [-0.15, -0.1) is 0 Å². The zero-order chi connectivity index (χ0) is 17.7. The third-order valence-corrected chi connectivity index (χ3v) is 4.22. The molecule has 2 rings (SSSR count). The fourth-order valence-corrected chi connectivity index (χ4v) is 2.68. The van der Waals surface area contributed by atoms with Gasteiger partial charge in [0.15, 0.2) is 0 Å². The van der Waals surface area contributed by atoms with Crippen molar-refractivity contribution in [1.29, 1.82) is 0 Å². The summed E-state index contributed by atoms with van der Waals surface area (Å²) in [4.78, 5) is 9.67. The van der Waals surface area contributed by atoms with E-state index < -0.39 is 0 Å². The van der Waals surface area contributed by atoms with Crippen LogP contribution in [0, 0.1) is 0 Å². The van der Waals surface area contributed by atoms with Crippen LogP contribution in [0.15, 0.2) is 58.5 Å². The summed E-state index contributed by atoms with van der Waals surface area (Å²) in [6, 6.07) is 16.7. The summed E-state index contributed by atoms with van der Waals surface area (Å²) in [7, 11) is 0. The Morgan fingerprint density at radius 3 is 1.28 bits per heavy atom. The van der Waals surface area contributed by atoms with E-state index in [9.17, 15) is 0 Å². The van der Waals surface area contributed by atoms with Gasteiger partial charge < -0.3 is 0 Å². The normalized spacial score (nSPS) is 12.5. The quantitative estimate of drug-likeness (QED) is 0.403. The zero-order valence-corrected chi connectivity index (χ0v) is 17.0. The van der Waals surface area contributed by atoms with Crippen LogP contribution in [0.1, 0.15) is 64.5 Å². The van der Waals surface area contributed by atoms with Crippen LogP contribution in [0.25, 0.3) is 0 Å². The maximum atomic E-state index is 4.84. The summed E-state index contributed by atoms with van der Waals surface area (Å²) in [5.74, 6) is 0.910. The van der Waals surface area contributed by atoms with Gasteiger partial charge in [0.1, 0.15) is 0 Å². The van der Waals surface area contributed by atoms with Gasteiger partial charge in [0, 0.05) is 0 Å². The molecule has 3 heteroatoms. The fraction of sp³-hybridized carbons (Fsp3) is 0.364. The Bertz CT molecular complexity index is 693. The van der Waals surface area contributed by atoms with E-state index in [1.807, 2.05) is 26.0 Å². The average molecular weight is 379 g/mol. The first-order valence-electron chi connectivity index (χ1n) is 8.69. The summed E-state index contributed by atoms with van der Waals surface area (Å²) >= 11 is 0. The molecule has 0 spiro atoms. The van der Waals surface area contributed by atoms with Gasteiger partial charge in [0.25, 0.3) is 0 Å². The molecule has 0 saturated carbocycles. The first-order valence-corrected chi connectivity index (χ1v) is 8.69. The van der Waals surface area contributed by atoms with E-state index in [1.165, 1.54) is 11.1 Å². The molecule has 2 aromatic carbocycles. The topological polar surface area (TPSA) is 24.7 Å². The van der Waals surface area contributed by atoms with Crippen molar-refractivity contribution in [1.82, 2.24) is 0 Å². The molecule has 0 radical (unpaired) electrons. The van der Waals surface area contributed by atoms with E-state index >= 15 is 0 Å². The van der Waals surface area contributed by atoms with Gasteiger partial charge in [-0.3, -0.25) is 9.98 Å². The Morgan fingerprint density at radius 2 is 0.960 bits per heavy atom. The van der Waals surface area contributed by atoms with Crippen LogP contribution in [-0.4, -0.2) is 11.4 Å². The van der Waals surface area contributed by atoms with Crippen LogP contribution >= 0.6 is 0 Å². The predicted molar refractivity (Wildman–Crippen MR) is 107 cm³/mol. The van der Waals surface area contributed by atoms with Crippen molar-refractivity contribution in [3.8, 4) is 0 Å². The molecule has 0 heterocycles. The summed E-state index contributed by atoms with van der Waals surface area (Å²) in [5, 5.41) is 0. The third-order valence-electron chi connectivity index (χ3n) is 4.22. The standard InChI is InChI=1S/C22H28N2.Ni/c1-15(2)19-11-7-9-13-21(19)23-17(5)18(6)24-22-14-10-8-12-20(22)16(3)4;/h7-16H,1-6H3;/q;+2. The summed E-state index contributed by atoms with van der Waals surface area (Å²) in [5.41, 5.74) is 6.54. The smallest absolute Gasteiger partial charge is 0.252 e. The van der Waals surface area contributed by atoms with Crippen molar-refractivity contribution >= 4 is 22.8 Å². The van der Waals surface area contributed by atoms with Gasteiger partial charge >= 0.3 is 16.5 Å². The van der Waals surface area contributed by atoms with Gasteiger partial charge in [0.05, 0.1) is 22.8 Å². The molecule has 0 N–H and O–H groups in total. The number of hydrogen-bond donors (Lipinski definition) is 0. The van der Waals surface area contributed by atoms with Crippen LogP contribution in [0.5, 0.6) is 0 Å². The van der Waals surface area contributed by atoms with Gasteiger partial charge in [-0.05, 0) is 48.9 Å². The monoisotopic (exact) mass is 378 g/mol. The first-order chi connectivity index (χ1) is 11.4. The molecule has 0 aromatic heterocycles. The van der Waals surface area contributed by atoms with E-state index in [0.29, 0.717) is 11.8 Å². The Labute approximate surface area is 162 Å². The maximum absolute atomic E-state index is 4.84. The van der Waals surface area contributed by atoms with Crippen molar-refractivity contribution in [3.63, 3.8) is 0 Å². The van der Waals surface area contributed by atoms with Gasteiger partial charge in [0.2, 0.25) is 0 Å². The van der Waals surface area contributed by atoms with Crippen molar-refractivity contribution in [2.75, 3.05) is 0 Å². The zero-order valence-electron chi connectivity index (χ0n) is 16.0. The van der Waals surface area contributed by atoms with E-state index in [1.54, 1.807) is 0 Å². The second-order valence-corrected chi connectivity index (χ2v) is 6.82. The van der Waals surface area contributed by atoms with Crippen LogP contribution in [0.2, 0.25) is 0 Å². The second kappa shape index (κ2) is 9.68. The fourth-order valence-electron chi connectivity index (χ4n) is 2.68. The molecule has 0 saturated heterocycles. The molecule has 0 aliphatic carbocycles. The SMILES string of the molecule is CC(=Nc1ccccc1C(C)C)C(C)=Nc1ccccc1C(C)C.[Ni+2]. The molecule has 25 heavy (non-hydrogen) atoms. The maximum Gasteiger partial charge on any atom is 2.00 e. The summed E-state index contributed by atoms with van der Waals surface area (Å²) < 4.78 is 0. The van der Waals surface area contributed by atoms with Crippen molar-refractivity contribution in [2.24, 2.45) is 9.98 Å². The minimum atomic E-state index is 0. The number of hydrogen-bond acceptors (Lipinski definition) is 2. The second-order valence-electron chi connectivity index (χ2n) is 6.82. The Balaban J connectivity index is 0.00000312. The van der Waals surface area contributed by atoms with E-state index in [4.69, 9.17) is 9.98 Å². The Hall–Kier alpha value is -1.73. The summed E-state index contributed by atoms with van der Waals surface area (Å²) in [6.45, 7) is 12.9. The van der Waals surface area contributed by atoms with Gasteiger partial charge in [-0.25, -0.2) is 0 Å². The van der Waals surface area contributed by atoms with Crippen molar-refractivity contribution in [3.05, 3.63) is 59.7 Å². The minimum Gasteiger partial charge on any atom is -0.252 e. The van der Waals surface area contributed by atoms with Crippen molar-refractivity contribution < 1.29 is 16.5 Å². The molecule has 0 atom stereocenters. The first kappa shape index (κ1) is 21.3. The molecule has 0 unspecified atom stereocenters. The largest absolute Gasteiger partial charge is 2.00 e. The van der Waals surface area contributed by atoms with E-state index in [-0.39, 0.29) is 16.5 Å².